The SMILES string of the molecule is O=P([O-])(O)C(O)(Cc1cnc2ccccn12)P(=O)([O-])O.[Na+].[Na+]. The number of hydrogen-bond acceptors (Lipinski definition) is 6. The third-order valence-electron chi connectivity index (χ3n) is 2.82. The van der Waals surface area contributed by atoms with Crippen LogP contribution in [0, 0.1) is 0 Å². The van der Waals surface area contributed by atoms with Crippen molar-refractivity contribution in [2.45, 2.75) is 11.5 Å². The van der Waals surface area contributed by atoms with Crippen LogP contribution >= 0.6 is 15.2 Å². The molecular weight excluding hydrogens is 356 g/mol. The summed E-state index contributed by atoms with van der Waals surface area (Å²) in [6.07, 6.45) is 1.52. The van der Waals surface area contributed by atoms with Gasteiger partial charge in [0.05, 0.1) is 0 Å². The molecule has 0 aliphatic heterocycles. The summed E-state index contributed by atoms with van der Waals surface area (Å²) in [5.41, 5.74) is 0.362. The van der Waals surface area contributed by atoms with E-state index in [1.54, 1.807) is 18.2 Å². The Morgan fingerprint density at radius 2 is 1.73 bits per heavy atom. The quantitative estimate of drug-likeness (QED) is 0.356. The molecule has 2 unspecified atom stereocenters. The first kappa shape index (κ1) is 22.9. The van der Waals surface area contributed by atoms with Gasteiger partial charge in [0.15, 0.2) is 20.3 Å². The Morgan fingerprint density at radius 3 is 2.23 bits per heavy atom. The molecule has 110 valence electrons. The van der Waals surface area contributed by atoms with E-state index in [1.807, 2.05) is 0 Å². The Balaban J connectivity index is 0.00000220. The zero-order valence-corrected chi connectivity index (χ0v) is 17.6. The normalized spacial score (nSPS) is 19.1. The Morgan fingerprint density at radius 1 is 1.18 bits per heavy atom. The van der Waals surface area contributed by atoms with Crippen LogP contribution in [0.15, 0.2) is 30.6 Å². The minimum Gasteiger partial charge on any atom is -0.776 e. The molecule has 2 aromatic heterocycles. The van der Waals surface area contributed by atoms with E-state index < -0.39 is 26.7 Å². The summed E-state index contributed by atoms with van der Waals surface area (Å²) >= 11 is 0. The Kier molecular flexibility index (Phi) is 8.23. The third kappa shape index (κ3) is 4.32. The second kappa shape index (κ2) is 7.89. The Bertz CT molecular complexity index is 718. The number of imidazole rings is 1. The maximum atomic E-state index is 11.1. The molecule has 0 aromatic carbocycles. The molecule has 2 aromatic rings. The molecule has 0 fully saturated rings. The van der Waals surface area contributed by atoms with E-state index in [2.05, 4.69) is 4.98 Å². The van der Waals surface area contributed by atoms with E-state index in [4.69, 9.17) is 9.79 Å². The van der Waals surface area contributed by atoms with Crippen molar-refractivity contribution in [2.75, 3.05) is 0 Å². The summed E-state index contributed by atoms with van der Waals surface area (Å²) in [5.74, 6) is 0. The number of aliphatic hydroxyl groups is 1. The fourth-order valence-electron chi connectivity index (χ4n) is 1.72. The van der Waals surface area contributed by atoms with Crippen LogP contribution < -0.4 is 68.9 Å². The van der Waals surface area contributed by atoms with E-state index in [1.165, 1.54) is 10.6 Å². The van der Waals surface area contributed by atoms with Crippen LogP contribution in [0.4, 0.5) is 0 Å². The minimum absolute atomic E-state index is 0. The number of pyridine rings is 1. The molecule has 0 saturated carbocycles. The Hall–Kier alpha value is 0.950. The van der Waals surface area contributed by atoms with Crippen LogP contribution in [0.1, 0.15) is 5.69 Å². The van der Waals surface area contributed by atoms with Crippen LogP contribution in [0.5, 0.6) is 0 Å². The summed E-state index contributed by atoms with van der Waals surface area (Å²) in [7, 11) is -11.6. The summed E-state index contributed by atoms with van der Waals surface area (Å²) in [5, 5.41) is 6.02. The molecule has 2 atom stereocenters. The van der Waals surface area contributed by atoms with Gasteiger partial charge in [0.1, 0.15) is 5.65 Å². The zero-order valence-electron chi connectivity index (χ0n) is 11.9. The smallest absolute Gasteiger partial charge is 0.776 e. The van der Waals surface area contributed by atoms with Gasteiger partial charge in [-0.25, -0.2) is 4.98 Å². The van der Waals surface area contributed by atoms with Crippen LogP contribution in [0.25, 0.3) is 5.65 Å². The van der Waals surface area contributed by atoms with Crippen molar-refractivity contribution < 1.29 is 92.9 Å². The monoisotopic (exact) mass is 366 g/mol. The van der Waals surface area contributed by atoms with E-state index in [-0.39, 0.29) is 64.8 Å². The van der Waals surface area contributed by atoms with Gasteiger partial charge in [-0.3, -0.25) is 0 Å². The van der Waals surface area contributed by atoms with Gasteiger partial charge < -0.3 is 38.2 Å². The van der Waals surface area contributed by atoms with Gasteiger partial charge in [-0.05, 0) is 12.1 Å². The van der Waals surface area contributed by atoms with Crippen molar-refractivity contribution in [1.29, 1.82) is 0 Å². The summed E-state index contributed by atoms with van der Waals surface area (Å²) in [6, 6.07) is 4.78. The fraction of sp³-hybridized carbons (Fsp3) is 0.222. The van der Waals surface area contributed by atoms with Gasteiger partial charge in [0.2, 0.25) is 0 Å². The van der Waals surface area contributed by atoms with E-state index >= 15 is 0 Å². The van der Waals surface area contributed by atoms with Crippen molar-refractivity contribution in [3.8, 4) is 0 Å². The molecule has 2 rings (SSSR count). The predicted molar refractivity (Wildman–Crippen MR) is 63.5 cm³/mol. The first-order valence-corrected chi connectivity index (χ1v) is 8.43. The van der Waals surface area contributed by atoms with Gasteiger partial charge in [-0.2, -0.15) is 0 Å². The van der Waals surface area contributed by atoms with E-state index in [0.29, 0.717) is 5.65 Å². The molecule has 0 aliphatic rings. The molecule has 0 amide bonds. The topological polar surface area (TPSA) is 158 Å². The summed E-state index contributed by atoms with van der Waals surface area (Å²) in [4.78, 5) is 44.0. The number of rotatable bonds is 4. The largest absolute Gasteiger partial charge is 1.00 e. The molecule has 0 radical (unpaired) electrons. The predicted octanol–water partition coefficient (Wildman–Crippen LogP) is -7.38. The summed E-state index contributed by atoms with van der Waals surface area (Å²) in [6.45, 7) is 0. The molecule has 3 N–H and O–H groups in total. The number of hydrogen-bond donors (Lipinski definition) is 3. The summed E-state index contributed by atoms with van der Waals surface area (Å²) < 4.78 is 23.6. The molecule has 0 saturated heterocycles. The molecule has 13 heteroatoms. The van der Waals surface area contributed by atoms with Gasteiger partial charge in [-0.15, -0.1) is 0 Å². The van der Waals surface area contributed by atoms with Gasteiger partial charge in [-0.1, -0.05) is 6.07 Å². The average molecular weight is 366 g/mol. The number of nitrogens with zero attached hydrogens (tertiary/aromatic N) is 2. The van der Waals surface area contributed by atoms with Crippen molar-refractivity contribution in [3.63, 3.8) is 0 Å². The molecule has 0 spiro atoms. The van der Waals surface area contributed by atoms with Gasteiger partial charge in [0, 0.05) is 24.5 Å². The van der Waals surface area contributed by atoms with Crippen LogP contribution in [-0.2, 0) is 15.6 Å². The van der Waals surface area contributed by atoms with Crippen LogP contribution in [0.2, 0.25) is 0 Å². The van der Waals surface area contributed by atoms with E-state index in [9.17, 15) is 24.0 Å². The molecule has 22 heavy (non-hydrogen) atoms. The molecule has 0 aliphatic carbocycles. The van der Waals surface area contributed by atoms with Crippen molar-refractivity contribution >= 4 is 20.8 Å². The van der Waals surface area contributed by atoms with Crippen molar-refractivity contribution in [3.05, 3.63) is 36.3 Å². The van der Waals surface area contributed by atoms with Gasteiger partial charge in [0.25, 0.3) is 0 Å². The molecular formula is C9H10N2Na2O7P2. The molecule has 0 bridgehead atoms. The second-order valence-electron chi connectivity index (χ2n) is 4.17. The molecule has 2 heterocycles. The first-order valence-electron chi connectivity index (χ1n) is 5.27. The van der Waals surface area contributed by atoms with Crippen LogP contribution in [-0.4, -0.2) is 29.4 Å². The van der Waals surface area contributed by atoms with Crippen molar-refractivity contribution in [2.24, 2.45) is 0 Å². The standard InChI is InChI=1S/C9H12N2O7P2.2Na/c12-9(19(13,14)15,20(16,17)18)5-7-6-10-8-3-1-2-4-11(7)8;;/h1-4,6,12H,5H2,(H2,13,14,15)(H2,16,17,18);;/q;2*+1/p-2. The van der Waals surface area contributed by atoms with Crippen LogP contribution in [0.3, 0.4) is 0 Å². The zero-order chi connectivity index (χ0) is 15.2. The first-order chi connectivity index (χ1) is 9.06. The fourth-order valence-corrected chi connectivity index (χ4v) is 3.72. The maximum absolute atomic E-state index is 11.1. The second-order valence-corrected chi connectivity index (χ2v) is 8.08. The van der Waals surface area contributed by atoms with E-state index in [0.717, 1.165) is 6.20 Å². The molecule has 9 nitrogen and oxygen atoms in total. The minimum atomic E-state index is -5.79. The van der Waals surface area contributed by atoms with Crippen molar-refractivity contribution in [1.82, 2.24) is 9.38 Å². The maximum Gasteiger partial charge on any atom is 1.00 e. The third-order valence-corrected chi connectivity index (χ3v) is 6.46. The van der Waals surface area contributed by atoms with Gasteiger partial charge >= 0.3 is 59.1 Å². The Labute approximate surface area is 169 Å². The number of fused-ring (bicyclic) bond motifs is 1. The number of aromatic nitrogens is 2. The average Bonchev–Trinajstić information content (AvgIpc) is 2.70.